The molecule has 0 spiro atoms. The zero-order valence-corrected chi connectivity index (χ0v) is 20.3. The Hall–Kier alpha value is -3.66. The van der Waals surface area contributed by atoms with Gasteiger partial charge in [-0.05, 0) is 47.4 Å². The fourth-order valence-corrected chi connectivity index (χ4v) is 4.50. The van der Waals surface area contributed by atoms with Gasteiger partial charge in [-0.1, -0.05) is 92.6 Å². The molecule has 3 aromatic carbocycles. The van der Waals surface area contributed by atoms with Crippen molar-refractivity contribution >= 4 is 5.91 Å². The highest BCUT2D eigenvalue weighted by molar-refractivity contribution is 5.87. The second-order valence-electron chi connectivity index (χ2n) is 8.98. The van der Waals surface area contributed by atoms with E-state index >= 15 is 0 Å². The molecule has 0 saturated heterocycles. The monoisotopic (exact) mass is 468 g/mol. The zero-order valence-electron chi connectivity index (χ0n) is 20.3. The number of aromatic nitrogens is 1. The molecule has 0 aliphatic rings. The second-order valence-corrected chi connectivity index (χ2v) is 8.98. The van der Waals surface area contributed by atoms with Gasteiger partial charge in [-0.3, -0.25) is 4.79 Å². The van der Waals surface area contributed by atoms with Gasteiger partial charge in [-0.25, -0.2) is 4.39 Å². The smallest absolute Gasteiger partial charge is 0.234 e. The molecule has 4 heteroatoms. The Morgan fingerprint density at radius 3 is 2.06 bits per heavy atom. The SMILES string of the molecule is CCCCCN(Cc1cccn1Cc1ccc(F)cc1)C(=O)C(c1ccccc1)c1ccccc1. The molecule has 0 unspecified atom stereocenters. The molecule has 1 heterocycles. The summed E-state index contributed by atoms with van der Waals surface area (Å²) in [6.45, 7) is 4.06. The molecule has 0 saturated carbocycles. The quantitative estimate of drug-likeness (QED) is 0.217. The van der Waals surface area contributed by atoms with Crippen molar-refractivity contribution in [1.82, 2.24) is 9.47 Å². The highest BCUT2D eigenvalue weighted by Gasteiger charge is 2.28. The van der Waals surface area contributed by atoms with Crippen molar-refractivity contribution in [2.24, 2.45) is 0 Å². The first-order valence-electron chi connectivity index (χ1n) is 12.4. The Morgan fingerprint density at radius 1 is 0.829 bits per heavy atom. The number of hydrogen-bond acceptors (Lipinski definition) is 1. The van der Waals surface area contributed by atoms with Crippen molar-refractivity contribution in [2.75, 3.05) is 6.54 Å². The molecule has 0 atom stereocenters. The Bertz CT molecular complexity index is 1150. The van der Waals surface area contributed by atoms with Crippen LogP contribution in [-0.2, 0) is 17.9 Å². The van der Waals surface area contributed by atoms with Gasteiger partial charge in [0.25, 0.3) is 0 Å². The molecule has 0 aliphatic carbocycles. The summed E-state index contributed by atoms with van der Waals surface area (Å²) in [4.78, 5) is 16.2. The summed E-state index contributed by atoms with van der Waals surface area (Å²) >= 11 is 0. The molecule has 4 rings (SSSR count). The van der Waals surface area contributed by atoms with E-state index in [1.54, 1.807) is 0 Å². The Kier molecular flexibility index (Phi) is 8.50. The van der Waals surface area contributed by atoms with Crippen LogP contribution in [0.1, 0.15) is 54.5 Å². The van der Waals surface area contributed by atoms with Gasteiger partial charge < -0.3 is 9.47 Å². The normalized spacial score (nSPS) is 11.1. The lowest BCUT2D eigenvalue weighted by atomic mass is 9.90. The summed E-state index contributed by atoms with van der Waals surface area (Å²) in [5, 5.41) is 0. The minimum atomic E-state index is -0.348. The van der Waals surface area contributed by atoms with Crippen molar-refractivity contribution in [3.63, 3.8) is 0 Å². The Balaban J connectivity index is 1.62. The lowest BCUT2D eigenvalue weighted by molar-refractivity contribution is -0.132. The van der Waals surface area contributed by atoms with Crippen LogP contribution < -0.4 is 0 Å². The third-order valence-corrected chi connectivity index (χ3v) is 6.40. The van der Waals surface area contributed by atoms with E-state index in [1.165, 1.54) is 12.1 Å². The van der Waals surface area contributed by atoms with E-state index in [2.05, 4.69) is 17.6 Å². The van der Waals surface area contributed by atoms with Gasteiger partial charge >= 0.3 is 0 Å². The number of rotatable bonds is 11. The van der Waals surface area contributed by atoms with E-state index in [9.17, 15) is 9.18 Å². The highest BCUT2D eigenvalue weighted by atomic mass is 19.1. The van der Waals surface area contributed by atoms with Crippen LogP contribution in [0, 0.1) is 5.82 Å². The summed E-state index contributed by atoms with van der Waals surface area (Å²) in [6.07, 6.45) is 5.18. The molecule has 1 aromatic heterocycles. The summed E-state index contributed by atoms with van der Waals surface area (Å²) < 4.78 is 15.5. The standard InChI is InChI=1S/C31H33FN2O/c1-2-3-10-21-34(24-29-16-11-22-33(29)23-25-17-19-28(32)20-18-25)31(35)30(26-12-6-4-7-13-26)27-14-8-5-9-15-27/h4-9,11-20,22,30H,2-3,10,21,23-24H2,1H3. The van der Waals surface area contributed by atoms with Crippen LogP contribution in [0.15, 0.2) is 103 Å². The van der Waals surface area contributed by atoms with Crippen LogP contribution in [0.4, 0.5) is 4.39 Å². The number of halogens is 1. The number of benzene rings is 3. The molecule has 0 bridgehead atoms. The number of carbonyl (C=O) groups is 1. The third kappa shape index (κ3) is 6.48. The predicted molar refractivity (Wildman–Crippen MR) is 140 cm³/mol. The molecule has 1 amide bonds. The molecule has 0 aliphatic heterocycles. The van der Waals surface area contributed by atoms with Crippen LogP contribution >= 0.6 is 0 Å². The van der Waals surface area contributed by atoms with Gasteiger partial charge in [0.15, 0.2) is 0 Å². The van der Waals surface area contributed by atoms with Crippen LogP contribution in [0.3, 0.4) is 0 Å². The summed E-state index contributed by atoms with van der Waals surface area (Å²) in [5.41, 5.74) is 4.11. The molecule has 0 radical (unpaired) electrons. The number of amides is 1. The number of unbranched alkanes of at least 4 members (excludes halogenated alkanes) is 2. The average Bonchev–Trinajstić information content (AvgIpc) is 3.32. The summed E-state index contributed by atoms with van der Waals surface area (Å²) in [5.74, 6) is -0.463. The fourth-order valence-electron chi connectivity index (χ4n) is 4.50. The number of hydrogen-bond donors (Lipinski definition) is 0. The van der Waals surface area contributed by atoms with Crippen molar-refractivity contribution in [3.8, 4) is 0 Å². The molecule has 180 valence electrons. The minimum absolute atomic E-state index is 0.119. The van der Waals surface area contributed by atoms with E-state index in [-0.39, 0.29) is 17.6 Å². The minimum Gasteiger partial charge on any atom is -0.345 e. The fraction of sp³-hybridized carbons (Fsp3) is 0.258. The van der Waals surface area contributed by atoms with Crippen LogP contribution in [0.25, 0.3) is 0 Å². The maximum absolute atomic E-state index is 14.1. The lowest BCUT2D eigenvalue weighted by Gasteiger charge is -2.29. The Morgan fingerprint density at radius 2 is 1.46 bits per heavy atom. The molecule has 3 nitrogen and oxygen atoms in total. The largest absolute Gasteiger partial charge is 0.345 e. The van der Waals surface area contributed by atoms with Gasteiger partial charge in [0.05, 0.1) is 12.5 Å². The average molecular weight is 469 g/mol. The van der Waals surface area contributed by atoms with E-state index in [0.29, 0.717) is 19.6 Å². The third-order valence-electron chi connectivity index (χ3n) is 6.40. The van der Waals surface area contributed by atoms with Crippen molar-refractivity contribution in [3.05, 3.63) is 131 Å². The Labute approximate surface area is 207 Å². The molecular weight excluding hydrogens is 435 g/mol. The summed E-state index contributed by atoms with van der Waals surface area (Å²) in [7, 11) is 0. The van der Waals surface area contributed by atoms with Gasteiger partial charge in [0, 0.05) is 25.0 Å². The first-order chi connectivity index (χ1) is 17.2. The first kappa shape index (κ1) is 24.5. The van der Waals surface area contributed by atoms with Gasteiger partial charge in [-0.2, -0.15) is 0 Å². The van der Waals surface area contributed by atoms with Crippen LogP contribution in [0.2, 0.25) is 0 Å². The van der Waals surface area contributed by atoms with E-state index in [1.807, 2.05) is 90.0 Å². The molecular formula is C31H33FN2O. The molecule has 0 fully saturated rings. The number of carbonyl (C=O) groups excluding carboxylic acids is 1. The maximum Gasteiger partial charge on any atom is 0.234 e. The van der Waals surface area contributed by atoms with Gasteiger partial charge in [-0.15, -0.1) is 0 Å². The topological polar surface area (TPSA) is 25.2 Å². The van der Waals surface area contributed by atoms with Crippen LogP contribution in [0.5, 0.6) is 0 Å². The zero-order chi connectivity index (χ0) is 24.5. The van der Waals surface area contributed by atoms with Gasteiger partial charge in [0.2, 0.25) is 5.91 Å². The lowest BCUT2D eigenvalue weighted by Crippen LogP contribution is -2.36. The van der Waals surface area contributed by atoms with Crippen LogP contribution in [-0.4, -0.2) is 21.9 Å². The molecule has 4 aromatic rings. The van der Waals surface area contributed by atoms with E-state index in [0.717, 1.165) is 41.6 Å². The second kappa shape index (κ2) is 12.2. The van der Waals surface area contributed by atoms with Crippen molar-refractivity contribution in [2.45, 2.75) is 45.2 Å². The number of nitrogens with zero attached hydrogens (tertiary/aromatic N) is 2. The molecule has 0 N–H and O–H groups in total. The predicted octanol–water partition coefficient (Wildman–Crippen LogP) is 7.03. The van der Waals surface area contributed by atoms with Crippen molar-refractivity contribution < 1.29 is 9.18 Å². The highest BCUT2D eigenvalue weighted by Crippen LogP contribution is 2.28. The van der Waals surface area contributed by atoms with E-state index < -0.39 is 0 Å². The summed E-state index contributed by atoms with van der Waals surface area (Å²) in [6, 6.07) is 30.8. The van der Waals surface area contributed by atoms with E-state index in [4.69, 9.17) is 0 Å². The van der Waals surface area contributed by atoms with Crippen molar-refractivity contribution in [1.29, 1.82) is 0 Å². The maximum atomic E-state index is 14.1. The first-order valence-corrected chi connectivity index (χ1v) is 12.4. The van der Waals surface area contributed by atoms with Gasteiger partial charge in [0.1, 0.15) is 5.82 Å². The molecule has 35 heavy (non-hydrogen) atoms.